The zero-order valence-electron chi connectivity index (χ0n) is 18.5. The Kier molecular flexibility index (Phi) is 8.54. The second kappa shape index (κ2) is 11.8. The van der Waals surface area contributed by atoms with Gasteiger partial charge in [0.05, 0.1) is 10.6 Å². The van der Waals surface area contributed by atoms with Crippen LogP contribution < -0.4 is 5.32 Å². The first-order valence-corrected chi connectivity index (χ1v) is 11.3. The molecule has 1 aliphatic rings. The molecule has 1 fully saturated rings. The minimum absolute atomic E-state index is 0.249. The minimum Gasteiger partial charge on any atom is -0.452 e. The molecule has 2 amide bonds. The Hall–Kier alpha value is -3.72. The Bertz CT molecular complexity index is 1090. The molecule has 3 aromatic rings. The van der Waals surface area contributed by atoms with Crippen molar-refractivity contribution in [1.82, 2.24) is 20.0 Å². The summed E-state index contributed by atoms with van der Waals surface area (Å²) in [6, 6.07) is 14.0. The molecule has 0 saturated heterocycles. The SMILES string of the molecule is CN(C)C=O.O=C(COC(=O)/C=C/c1cn(-c2ccccc2)nc1-c1cccs1)NC1CC1. The number of amides is 2. The van der Waals surface area contributed by atoms with E-state index in [2.05, 4.69) is 10.4 Å². The van der Waals surface area contributed by atoms with Gasteiger partial charge in [-0.15, -0.1) is 11.3 Å². The summed E-state index contributed by atoms with van der Waals surface area (Å²) < 4.78 is 6.79. The number of nitrogens with zero attached hydrogens (tertiary/aromatic N) is 3. The van der Waals surface area contributed by atoms with Crippen molar-refractivity contribution in [3.05, 3.63) is 65.7 Å². The van der Waals surface area contributed by atoms with Crippen LogP contribution in [0.15, 0.2) is 60.1 Å². The van der Waals surface area contributed by atoms with Crippen molar-refractivity contribution in [3.8, 4) is 16.3 Å². The van der Waals surface area contributed by atoms with Gasteiger partial charge in [-0.2, -0.15) is 5.10 Å². The summed E-state index contributed by atoms with van der Waals surface area (Å²) in [5.41, 5.74) is 2.51. The number of nitrogens with one attached hydrogen (secondary N) is 1. The molecule has 4 rings (SSSR count). The maximum atomic E-state index is 12.0. The lowest BCUT2D eigenvalue weighted by atomic mass is 10.2. The van der Waals surface area contributed by atoms with Gasteiger partial charge in [0, 0.05) is 38.0 Å². The molecule has 0 spiro atoms. The Morgan fingerprint density at radius 1 is 1.21 bits per heavy atom. The van der Waals surface area contributed by atoms with Crippen molar-refractivity contribution >= 4 is 35.7 Å². The van der Waals surface area contributed by atoms with Gasteiger partial charge in [0.1, 0.15) is 5.69 Å². The van der Waals surface area contributed by atoms with Crippen LogP contribution in [0.4, 0.5) is 0 Å². The lowest BCUT2D eigenvalue weighted by Crippen LogP contribution is -2.30. The van der Waals surface area contributed by atoms with Gasteiger partial charge in [0.2, 0.25) is 6.41 Å². The number of esters is 1. The summed E-state index contributed by atoms with van der Waals surface area (Å²) in [6.45, 7) is -0.263. The van der Waals surface area contributed by atoms with Crippen molar-refractivity contribution in [2.75, 3.05) is 20.7 Å². The molecule has 2 aromatic heterocycles. The molecule has 0 atom stereocenters. The van der Waals surface area contributed by atoms with Crippen molar-refractivity contribution in [3.63, 3.8) is 0 Å². The van der Waals surface area contributed by atoms with Crippen molar-refractivity contribution in [2.45, 2.75) is 18.9 Å². The van der Waals surface area contributed by atoms with Crippen LogP contribution in [0.25, 0.3) is 22.3 Å². The average molecular weight is 467 g/mol. The quantitative estimate of drug-likeness (QED) is 0.313. The van der Waals surface area contributed by atoms with Gasteiger partial charge in [-0.3, -0.25) is 9.59 Å². The van der Waals surface area contributed by atoms with E-state index in [9.17, 15) is 14.4 Å². The molecule has 1 N–H and O–H groups in total. The van der Waals surface area contributed by atoms with Crippen molar-refractivity contribution < 1.29 is 19.1 Å². The highest BCUT2D eigenvalue weighted by Crippen LogP contribution is 2.28. The number of carbonyl (C=O) groups excluding carboxylic acids is 3. The van der Waals surface area contributed by atoms with E-state index in [1.165, 1.54) is 11.0 Å². The average Bonchev–Trinajstić information content (AvgIpc) is 3.29. The van der Waals surface area contributed by atoms with Crippen LogP contribution in [0.5, 0.6) is 0 Å². The van der Waals surface area contributed by atoms with E-state index >= 15 is 0 Å². The predicted octanol–water partition coefficient (Wildman–Crippen LogP) is 3.14. The maximum absolute atomic E-state index is 12.0. The largest absolute Gasteiger partial charge is 0.452 e. The number of aromatic nitrogens is 2. The zero-order chi connectivity index (χ0) is 23.6. The summed E-state index contributed by atoms with van der Waals surface area (Å²) in [5.74, 6) is -0.823. The second-order valence-electron chi connectivity index (χ2n) is 7.54. The van der Waals surface area contributed by atoms with Crippen LogP contribution in [0.2, 0.25) is 0 Å². The Balaban J connectivity index is 0.000000555. The molecule has 0 aliphatic heterocycles. The Morgan fingerprint density at radius 2 is 1.94 bits per heavy atom. The molecule has 33 heavy (non-hydrogen) atoms. The third kappa shape index (κ3) is 7.73. The molecule has 9 heteroatoms. The molecule has 1 saturated carbocycles. The summed E-state index contributed by atoms with van der Waals surface area (Å²) in [4.78, 5) is 35.5. The molecule has 172 valence electrons. The van der Waals surface area contributed by atoms with Crippen molar-refractivity contribution in [1.29, 1.82) is 0 Å². The summed E-state index contributed by atoms with van der Waals surface area (Å²) in [6.07, 6.45) is 7.61. The van der Waals surface area contributed by atoms with E-state index in [4.69, 9.17) is 4.74 Å². The second-order valence-corrected chi connectivity index (χ2v) is 8.49. The van der Waals surface area contributed by atoms with Gasteiger partial charge >= 0.3 is 5.97 Å². The van der Waals surface area contributed by atoms with E-state index in [1.54, 1.807) is 36.2 Å². The van der Waals surface area contributed by atoms with Gasteiger partial charge < -0.3 is 15.0 Å². The zero-order valence-corrected chi connectivity index (χ0v) is 19.3. The third-order valence-electron chi connectivity index (χ3n) is 4.42. The van der Waals surface area contributed by atoms with Gasteiger partial charge in [-0.1, -0.05) is 24.3 Å². The topological polar surface area (TPSA) is 93.5 Å². The number of hydrogen-bond acceptors (Lipinski definition) is 6. The van der Waals surface area contributed by atoms with Crippen LogP contribution in [-0.4, -0.2) is 59.7 Å². The highest BCUT2D eigenvalue weighted by molar-refractivity contribution is 7.13. The lowest BCUT2D eigenvalue weighted by Gasteiger charge is -2.02. The van der Waals surface area contributed by atoms with Crippen LogP contribution in [0.1, 0.15) is 18.4 Å². The van der Waals surface area contributed by atoms with E-state index < -0.39 is 5.97 Å². The molecule has 1 aromatic carbocycles. The van der Waals surface area contributed by atoms with Crippen LogP contribution in [0.3, 0.4) is 0 Å². The summed E-state index contributed by atoms with van der Waals surface area (Å²) in [5, 5.41) is 9.44. The van der Waals surface area contributed by atoms with Gasteiger partial charge in [-0.25, -0.2) is 9.48 Å². The van der Waals surface area contributed by atoms with Crippen LogP contribution >= 0.6 is 11.3 Å². The number of para-hydroxylation sites is 1. The van der Waals surface area contributed by atoms with E-state index in [0.717, 1.165) is 41.1 Å². The van der Waals surface area contributed by atoms with Crippen LogP contribution in [-0.2, 0) is 19.1 Å². The maximum Gasteiger partial charge on any atom is 0.331 e. The molecule has 0 unspecified atom stereocenters. The fraction of sp³-hybridized carbons (Fsp3) is 0.250. The first kappa shape index (κ1) is 23.9. The number of thiophene rings is 1. The number of rotatable bonds is 8. The van der Waals surface area contributed by atoms with Crippen molar-refractivity contribution in [2.24, 2.45) is 0 Å². The Morgan fingerprint density at radius 3 is 2.55 bits per heavy atom. The first-order chi connectivity index (χ1) is 16.0. The number of carbonyl (C=O) groups is 3. The molecular weight excluding hydrogens is 440 g/mol. The highest BCUT2D eigenvalue weighted by Gasteiger charge is 2.23. The molecule has 0 bridgehead atoms. The highest BCUT2D eigenvalue weighted by atomic mass is 32.1. The smallest absolute Gasteiger partial charge is 0.331 e. The van der Waals surface area contributed by atoms with E-state index in [1.807, 2.05) is 54.0 Å². The van der Waals surface area contributed by atoms with Gasteiger partial charge in [0.15, 0.2) is 6.61 Å². The standard InChI is InChI=1S/C21H19N3O3S.C3H7NO/c25-19(22-16-9-10-16)14-27-20(26)11-8-15-13-24(17-5-2-1-3-6-17)23-21(15)18-7-4-12-28-18;1-4(2)3-5/h1-8,11-13,16H,9-10,14H2,(H,22,25);3H,1-2H3/b11-8+;. The Labute approximate surface area is 196 Å². The third-order valence-corrected chi connectivity index (χ3v) is 5.29. The fourth-order valence-electron chi connectivity index (χ4n) is 2.67. The van der Waals surface area contributed by atoms with Gasteiger partial charge in [0.25, 0.3) is 5.91 Å². The summed E-state index contributed by atoms with van der Waals surface area (Å²) in [7, 11) is 3.38. The number of hydrogen-bond donors (Lipinski definition) is 1. The van der Waals surface area contributed by atoms with Crippen LogP contribution in [0, 0.1) is 0 Å². The minimum atomic E-state index is -0.560. The van der Waals surface area contributed by atoms with E-state index in [0.29, 0.717) is 0 Å². The molecular formula is C24H26N4O4S. The first-order valence-electron chi connectivity index (χ1n) is 10.4. The monoisotopic (exact) mass is 466 g/mol. The summed E-state index contributed by atoms with van der Waals surface area (Å²) >= 11 is 1.58. The molecule has 8 nitrogen and oxygen atoms in total. The lowest BCUT2D eigenvalue weighted by molar-refractivity contribution is -0.143. The number of benzene rings is 1. The molecule has 1 aliphatic carbocycles. The predicted molar refractivity (Wildman–Crippen MR) is 128 cm³/mol. The normalized spacial score (nSPS) is 12.5. The number of ether oxygens (including phenoxy) is 1. The van der Waals surface area contributed by atoms with E-state index in [-0.39, 0.29) is 18.6 Å². The fourth-order valence-corrected chi connectivity index (χ4v) is 3.40. The molecule has 0 radical (unpaired) electrons. The van der Waals surface area contributed by atoms with Gasteiger partial charge in [-0.05, 0) is 42.5 Å². The molecule has 2 heterocycles.